The number of ether oxygens (including phenoxy) is 1. The lowest BCUT2D eigenvalue weighted by Crippen LogP contribution is -2.14. The highest BCUT2D eigenvalue weighted by atomic mass is 32.2. The van der Waals surface area contributed by atoms with Gasteiger partial charge in [0.05, 0.1) is 5.75 Å². The molecule has 0 aliphatic carbocycles. The molecular formula is C14H19NO4S. The summed E-state index contributed by atoms with van der Waals surface area (Å²) in [6.45, 7) is 1.72. The number of carbonyl (C=O) groups excluding carboxylic acids is 1. The van der Waals surface area contributed by atoms with Crippen molar-refractivity contribution in [3.05, 3.63) is 24.3 Å². The van der Waals surface area contributed by atoms with E-state index in [2.05, 4.69) is 12.2 Å². The molecule has 5 nitrogen and oxygen atoms in total. The van der Waals surface area contributed by atoms with Crippen LogP contribution >= 0.6 is 11.8 Å². The number of rotatable bonds is 9. The van der Waals surface area contributed by atoms with Crippen molar-refractivity contribution < 1.29 is 19.4 Å². The smallest absolute Gasteiger partial charge is 0.341 e. The Hall–Kier alpha value is -1.69. The van der Waals surface area contributed by atoms with Crippen molar-refractivity contribution in [3.63, 3.8) is 0 Å². The van der Waals surface area contributed by atoms with Gasteiger partial charge in [0.25, 0.3) is 0 Å². The SMILES string of the molecule is CCCCSCC(=O)Nc1cccc(OCC(=O)O)c1. The van der Waals surface area contributed by atoms with E-state index in [4.69, 9.17) is 9.84 Å². The Kier molecular flexibility index (Phi) is 7.57. The van der Waals surface area contributed by atoms with E-state index in [0.29, 0.717) is 17.2 Å². The van der Waals surface area contributed by atoms with Crippen molar-refractivity contribution in [3.8, 4) is 5.75 Å². The topological polar surface area (TPSA) is 75.6 Å². The molecule has 0 saturated heterocycles. The minimum Gasteiger partial charge on any atom is -0.482 e. The van der Waals surface area contributed by atoms with Crippen molar-refractivity contribution in [1.82, 2.24) is 0 Å². The summed E-state index contributed by atoms with van der Waals surface area (Å²) >= 11 is 1.60. The van der Waals surface area contributed by atoms with E-state index in [-0.39, 0.29) is 5.91 Å². The molecule has 0 bridgehead atoms. The highest BCUT2D eigenvalue weighted by Crippen LogP contribution is 2.17. The van der Waals surface area contributed by atoms with Gasteiger partial charge in [-0.3, -0.25) is 4.79 Å². The summed E-state index contributed by atoms with van der Waals surface area (Å²) in [4.78, 5) is 22.1. The molecule has 0 aliphatic heterocycles. The number of carboxylic acid groups (broad SMARTS) is 1. The van der Waals surface area contributed by atoms with E-state index in [0.717, 1.165) is 18.6 Å². The summed E-state index contributed by atoms with van der Waals surface area (Å²) in [5.74, 6) is 0.711. The quantitative estimate of drug-likeness (QED) is 0.685. The molecule has 0 radical (unpaired) electrons. The predicted octanol–water partition coefficient (Wildman–Crippen LogP) is 2.62. The van der Waals surface area contributed by atoms with Crippen molar-refractivity contribution in [2.24, 2.45) is 0 Å². The monoisotopic (exact) mass is 297 g/mol. The Bertz CT molecular complexity index is 451. The minimum absolute atomic E-state index is 0.0681. The second-order valence-electron chi connectivity index (χ2n) is 4.16. The largest absolute Gasteiger partial charge is 0.482 e. The van der Waals surface area contributed by atoms with Gasteiger partial charge in [0.1, 0.15) is 5.75 Å². The van der Waals surface area contributed by atoms with Crippen LogP contribution in [0.2, 0.25) is 0 Å². The van der Waals surface area contributed by atoms with Crippen molar-refractivity contribution >= 4 is 29.3 Å². The number of anilines is 1. The number of carboxylic acids is 1. The first kappa shape index (κ1) is 16.4. The van der Waals surface area contributed by atoms with E-state index < -0.39 is 12.6 Å². The zero-order chi connectivity index (χ0) is 14.8. The van der Waals surface area contributed by atoms with Crippen LogP contribution in [0.5, 0.6) is 5.75 Å². The highest BCUT2D eigenvalue weighted by molar-refractivity contribution is 7.99. The van der Waals surface area contributed by atoms with Gasteiger partial charge in [-0.1, -0.05) is 19.4 Å². The molecule has 0 aliphatic rings. The third-order valence-corrected chi connectivity index (χ3v) is 3.40. The molecule has 1 rings (SSSR count). The van der Waals surface area contributed by atoms with Gasteiger partial charge in [-0.25, -0.2) is 4.79 Å². The highest BCUT2D eigenvalue weighted by Gasteiger charge is 2.04. The van der Waals surface area contributed by atoms with Crippen LogP contribution in [0.15, 0.2) is 24.3 Å². The Balaban J connectivity index is 2.40. The first-order valence-corrected chi connectivity index (χ1v) is 7.59. The molecule has 0 saturated carbocycles. The van der Waals surface area contributed by atoms with E-state index in [1.54, 1.807) is 36.0 Å². The van der Waals surface area contributed by atoms with Gasteiger partial charge in [0.2, 0.25) is 5.91 Å². The molecule has 0 atom stereocenters. The average Bonchev–Trinajstić information content (AvgIpc) is 2.42. The van der Waals surface area contributed by atoms with Gasteiger partial charge >= 0.3 is 5.97 Å². The summed E-state index contributed by atoms with van der Waals surface area (Å²) in [5.41, 5.74) is 0.606. The summed E-state index contributed by atoms with van der Waals surface area (Å²) < 4.78 is 5.05. The number of unbranched alkanes of at least 4 members (excludes halogenated alkanes) is 1. The van der Waals surface area contributed by atoms with Crippen LogP contribution in [0.4, 0.5) is 5.69 Å². The van der Waals surface area contributed by atoms with Crippen molar-refractivity contribution in [2.75, 3.05) is 23.4 Å². The number of amides is 1. The third-order valence-electron chi connectivity index (χ3n) is 2.36. The van der Waals surface area contributed by atoms with Crippen LogP contribution in [0, 0.1) is 0 Å². The van der Waals surface area contributed by atoms with E-state index in [1.807, 2.05) is 0 Å². The third kappa shape index (κ3) is 7.04. The fourth-order valence-electron chi connectivity index (χ4n) is 1.42. The maximum atomic E-state index is 11.7. The number of thioether (sulfide) groups is 1. The van der Waals surface area contributed by atoms with Crippen LogP contribution in [0.3, 0.4) is 0 Å². The van der Waals surface area contributed by atoms with Crippen molar-refractivity contribution in [2.45, 2.75) is 19.8 Å². The lowest BCUT2D eigenvalue weighted by molar-refractivity contribution is -0.139. The van der Waals surface area contributed by atoms with Gasteiger partial charge in [-0.2, -0.15) is 11.8 Å². The molecule has 2 N–H and O–H groups in total. The Morgan fingerprint density at radius 2 is 2.20 bits per heavy atom. The first-order valence-electron chi connectivity index (χ1n) is 6.44. The molecule has 0 fully saturated rings. The van der Waals surface area contributed by atoms with Gasteiger partial charge in [-0.15, -0.1) is 0 Å². The predicted molar refractivity (Wildman–Crippen MR) is 80.4 cm³/mol. The number of nitrogens with one attached hydrogen (secondary N) is 1. The molecule has 0 spiro atoms. The lowest BCUT2D eigenvalue weighted by Gasteiger charge is -2.08. The maximum absolute atomic E-state index is 11.7. The number of hydrogen-bond acceptors (Lipinski definition) is 4. The van der Waals surface area contributed by atoms with Crippen LogP contribution in [0.1, 0.15) is 19.8 Å². The molecule has 0 heterocycles. The number of carbonyl (C=O) groups is 2. The average molecular weight is 297 g/mol. The molecule has 1 aromatic carbocycles. The van der Waals surface area contributed by atoms with Gasteiger partial charge in [-0.05, 0) is 24.3 Å². The summed E-state index contributed by atoms with van der Waals surface area (Å²) in [7, 11) is 0. The van der Waals surface area contributed by atoms with Crippen LogP contribution in [-0.2, 0) is 9.59 Å². The minimum atomic E-state index is -1.04. The van der Waals surface area contributed by atoms with E-state index in [9.17, 15) is 9.59 Å². The summed E-state index contributed by atoms with van der Waals surface area (Å²) in [5, 5.41) is 11.3. The first-order chi connectivity index (χ1) is 9.61. The van der Waals surface area contributed by atoms with Gasteiger partial charge in [0.15, 0.2) is 6.61 Å². The maximum Gasteiger partial charge on any atom is 0.341 e. The molecule has 6 heteroatoms. The normalized spacial score (nSPS) is 10.1. The zero-order valence-electron chi connectivity index (χ0n) is 11.4. The fourth-order valence-corrected chi connectivity index (χ4v) is 2.31. The molecular weight excluding hydrogens is 278 g/mol. The number of aliphatic carboxylic acids is 1. The number of hydrogen-bond donors (Lipinski definition) is 2. The molecule has 0 aromatic heterocycles. The lowest BCUT2D eigenvalue weighted by atomic mass is 10.3. The van der Waals surface area contributed by atoms with Crippen LogP contribution < -0.4 is 10.1 Å². The Labute approximate surface area is 122 Å². The summed E-state index contributed by atoms with van der Waals surface area (Å²) in [6.07, 6.45) is 2.23. The second-order valence-corrected chi connectivity index (χ2v) is 5.27. The van der Waals surface area contributed by atoms with E-state index in [1.165, 1.54) is 0 Å². The molecule has 20 heavy (non-hydrogen) atoms. The standard InChI is InChI=1S/C14H19NO4S/c1-2-3-7-20-10-13(16)15-11-5-4-6-12(8-11)19-9-14(17)18/h4-6,8H,2-3,7,9-10H2,1H3,(H,15,16)(H,17,18). The van der Waals surface area contributed by atoms with Gasteiger partial charge in [0, 0.05) is 11.8 Å². The zero-order valence-corrected chi connectivity index (χ0v) is 12.2. The molecule has 1 amide bonds. The molecule has 0 unspecified atom stereocenters. The molecule has 110 valence electrons. The molecule has 1 aromatic rings. The Morgan fingerprint density at radius 1 is 1.40 bits per heavy atom. The Morgan fingerprint density at radius 3 is 2.90 bits per heavy atom. The van der Waals surface area contributed by atoms with Crippen LogP contribution in [-0.4, -0.2) is 35.1 Å². The fraction of sp³-hybridized carbons (Fsp3) is 0.429. The summed E-state index contributed by atoms with van der Waals surface area (Å²) in [6, 6.07) is 6.70. The van der Waals surface area contributed by atoms with Crippen LogP contribution in [0.25, 0.3) is 0 Å². The van der Waals surface area contributed by atoms with Crippen molar-refractivity contribution in [1.29, 1.82) is 0 Å². The number of benzene rings is 1. The van der Waals surface area contributed by atoms with E-state index >= 15 is 0 Å². The van der Waals surface area contributed by atoms with Gasteiger partial charge < -0.3 is 15.2 Å². The second kappa shape index (κ2) is 9.25.